The molecule has 0 aromatic heterocycles. The minimum Gasteiger partial charge on any atom is -0.456 e. The van der Waals surface area contributed by atoms with Gasteiger partial charge in [0.1, 0.15) is 5.60 Å². The molecule has 1 rings (SSSR count). The number of ether oxygens (including phenoxy) is 1. The van der Waals surface area contributed by atoms with Gasteiger partial charge in [-0.15, -0.1) is 12.6 Å². The fourth-order valence-corrected chi connectivity index (χ4v) is 1.85. The predicted octanol–water partition coefficient (Wildman–Crippen LogP) is 3.69. The maximum absolute atomic E-state index is 11.7. The Balaban J connectivity index is 2.92. The molecule has 0 saturated heterocycles. The molecule has 0 heterocycles. The van der Waals surface area contributed by atoms with E-state index in [0.717, 1.165) is 4.47 Å². The third-order valence-corrected chi connectivity index (χ3v) is 2.44. The van der Waals surface area contributed by atoms with Gasteiger partial charge in [-0.2, -0.15) is 0 Å². The van der Waals surface area contributed by atoms with Gasteiger partial charge in [-0.25, -0.2) is 4.79 Å². The first-order chi connectivity index (χ1) is 6.79. The largest absolute Gasteiger partial charge is 0.456 e. The molecule has 15 heavy (non-hydrogen) atoms. The smallest absolute Gasteiger partial charge is 0.339 e. The monoisotopic (exact) mass is 288 g/mol. The first kappa shape index (κ1) is 12.6. The van der Waals surface area contributed by atoms with E-state index in [4.69, 9.17) is 4.74 Å². The molecule has 2 nitrogen and oxygen atoms in total. The van der Waals surface area contributed by atoms with Crippen LogP contribution in [-0.2, 0) is 4.74 Å². The molecule has 0 aliphatic carbocycles. The second-order valence-electron chi connectivity index (χ2n) is 4.16. The molecule has 0 radical (unpaired) electrons. The number of rotatable bonds is 1. The van der Waals surface area contributed by atoms with E-state index in [-0.39, 0.29) is 5.97 Å². The lowest BCUT2D eigenvalue weighted by Gasteiger charge is -2.19. The lowest BCUT2D eigenvalue weighted by atomic mass is 10.1. The van der Waals surface area contributed by atoms with Crippen molar-refractivity contribution in [3.8, 4) is 0 Å². The highest BCUT2D eigenvalue weighted by Crippen LogP contribution is 2.22. The van der Waals surface area contributed by atoms with Crippen molar-refractivity contribution in [2.45, 2.75) is 31.3 Å². The molecule has 0 saturated carbocycles. The molecule has 0 aliphatic rings. The molecular formula is C11H13BrO2S. The number of hydrogen-bond acceptors (Lipinski definition) is 3. The Morgan fingerprint density at radius 3 is 2.47 bits per heavy atom. The molecular weight excluding hydrogens is 276 g/mol. The Labute approximate surface area is 104 Å². The average Bonchev–Trinajstić information content (AvgIpc) is 1.99. The molecule has 0 spiro atoms. The second-order valence-corrected chi connectivity index (χ2v) is 5.56. The first-order valence-electron chi connectivity index (χ1n) is 4.51. The predicted molar refractivity (Wildman–Crippen MR) is 66.6 cm³/mol. The quantitative estimate of drug-likeness (QED) is 0.630. The third kappa shape index (κ3) is 3.87. The van der Waals surface area contributed by atoms with Gasteiger partial charge < -0.3 is 4.74 Å². The zero-order valence-electron chi connectivity index (χ0n) is 8.87. The maximum atomic E-state index is 11.7. The zero-order valence-corrected chi connectivity index (χ0v) is 11.4. The van der Waals surface area contributed by atoms with Crippen molar-refractivity contribution in [3.63, 3.8) is 0 Å². The Morgan fingerprint density at radius 1 is 1.40 bits per heavy atom. The molecule has 0 atom stereocenters. The van der Waals surface area contributed by atoms with Crippen molar-refractivity contribution in [1.82, 2.24) is 0 Å². The minimum atomic E-state index is -0.482. The average molecular weight is 289 g/mol. The fourth-order valence-electron chi connectivity index (χ4n) is 1.01. The summed E-state index contributed by atoms with van der Waals surface area (Å²) in [5.41, 5.74) is 0.00106. The summed E-state index contributed by atoms with van der Waals surface area (Å²) in [5.74, 6) is -0.347. The van der Waals surface area contributed by atoms with Gasteiger partial charge in [0.25, 0.3) is 0 Å². The van der Waals surface area contributed by atoms with Crippen molar-refractivity contribution in [2.24, 2.45) is 0 Å². The molecule has 0 aliphatic heterocycles. The van der Waals surface area contributed by atoms with E-state index in [9.17, 15) is 4.79 Å². The van der Waals surface area contributed by atoms with Crippen molar-refractivity contribution in [1.29, 1.82) is 0 Å². The lowest BCUT2D eigenvalue weighted by molar-refractivity contribution is 0.00657. The number of carbonyl (C=O) groups excluding carboxylic acids is 1. The minimum absolute atomic E-state index is 0.347. The van der Waals surface area contributed by atoms with Gasteiger partial charge in [-0.05, 0) is 39.0 Å². The van der Waals surface area contributed by atoms with Gasteiger partial charge in [-0.3, -0.25) is 0 Å². The molecule has 0 bridgehead atoms. The summed E-state index contributed by atoms with van der Waals surface area (Å²) in [7, 11) is 0. The summed E-state index contributed by atoms with van der Waals surface area (Å²) in [6.45, 7) is 5.51. The van der Waals surface area contributed by atoms with Crippen LogP contribution < -0.4 is 0 Å². The van der Waals surface area contributed by atoms with Gasteiger partial charge in [0, 0.05) is 9.37 Å². The summed E-state index contributed by atoms with van der Waals surface area (Å²) in [6.07, 6.45) is 0. The first-order valence-corrected chi connectivity index (χ1v) is 5.75. The van der Waals surface area contributed by atoms with Crippen molar-refractivity contribution >= 4 is 34.5 Å². The Hall–Kier alpha value is -0.480. The van der Waals surface area contributed by atoms with Crippen LogP contribution in [0.3, 0.4) is 0 Å². The topological polar surface area (TPSA) is 26.3 Å². The number of esters is 1. The van der Waals surface area contributed by atoms with E-state index < -0.39 is 5.60 Å². The van der Waals surface area contributed by atoms with Gasteiger partial charge in [0.2, 0.25) is 0 Å². The van der Waals surface area contributed by atoms with Crippen LogP contribution in [0.4, 0.5) is 0 Å². The Bertz CT molecular complexity index is 383. The van der Waals surface area contributed by atoms with E-state index in [1.54, 1.807) is 18.2 Å². The lowest BCUT2D eigenvalue weighted by Crippen LogP contribution is -2.24. The highest BCUT2D eigenvalue weighted by molar-refractivity contribution is 9.10. The summed E-state index contributed by atoms with van der Waals surface area (Å²) in [5, 5.41) is 0. The highest BCUT2D eigenvalue weighted by Gasteiger charge is 2.19. The van der Waals surface area contributed by atoms with E-state index in [1.807, 2.05) is 20.8 Å². The van der Waals surface area contributed by atoms with E-state index in [1.165, 1.54) is 0 Å². The Kier molecular flexibility index (Phi) is 3.84. The molecule has 1 aromatic carbocycles. The number of halogens is 1. The molecule has 0 fully saturated rings. The SMILES string of the molecule is CC(C)(C)OC(=O)c1ccc(Br)cc1S. The van der Waals surface area contributed by atoms with Crippen LogP contribution in [-0.4, -0.2) is 11.6 Å². The molecule has 1 aromatic rings. The van der Waals surface area contributed by atoms with E-state index in [0.29, 0.717) is 10.5 Å². The molecule has 0 unspecified atom stereocenters. The fraction of sp³-hybridized carbons (Fsp3) is 0.364. The van der Waals surface area contributed by atoms with E-state index >= 15 is 0 Å². The summed E-state index contributed by atoms with van der Waals surface area (Å²) < 4.78 is 6.13. The number of benzene rings is 1. The van der Waals surface area contributed by atoms with Crippen LogP contribution in [0.25, 0.3) is 0 Å². The standard InChI is InChI=1S/C11H13BrO2S/c1-11(2,3)14-10(13)8-5-4-7(12)6-9(8)15/h4-6,15H,1-3H3. The maximum Gasteiger partial charge on any atom is 0.339 e. The number of thiol groups is 1. The molecule has 4 heteroatoms. The van der Waals surface area contributed by atoms with Crippen molar-refractivity contribution in [2.75, 3.05) is 0 Å². The number of carbonyl (C=O) groups is 1. The summed E-state index contributed by atoms with van der Waals surface area (Å²) in [4.78, 5) is 12.3. The van der Waals surface area contributed by atoms with Gasteiger partial charge in [-0.1, -0.05) is 15.9 Å². The van der Waals surface area contributed by atoms with Crippen LogP contribution in [0.1, 0.15) is 31.1 Å². The van der Waals surface area contributed by atoms with Crippen LogP contribution >= 0.6 is 28.6 Å². The molecule has 0 amide bonds. The normalized spacial score (nSPS) is 11.3. The van der Waals surface area contributed by atoms with Crippen molar-refractivity contribution in [3.05, 3.63) is 28.2 Å². The Morgan fingerprint density at radius 2 is 2.00 bits per heavy atom. The van der Waals surface area contributed by atoms with Gasteiger partial charge in [0.05, 0.1) is 5.56 Å². The van der Waals surface area contributed by atoms with Crippen LogP contribution in [0.15, 0.2) is 27.6 Å². The van der Waals surface area contributed by atoms with Crippen LogP contribution in [0, 0.1) is 0 Å². The zero-order chi connectivity index (χ0) is 11.6. The summed E-state index contributed by atoms with van der Waals surface area (Å²) in [6, 6.07) is 5.25. The second kappa shape index (κ2) is 4.58. The van der Waals surface area contributed by atoms with Crippen LogP contribution in [0.5, 0.6) is 0 Å². The molecule has 0 N–H and O–H groups in total. The van der Waals surface area contributed by atoms with Gasteiger partial charge >= 0.3 is 5.97 Å². The molecule has 82 valence electrons. The van der Waals surface area contributed by atoms with Crippen molar-refractivity contribution < 1.29 is 9.53 Å². The third-order valence-electron chi connectivity index (χ3n) is 1.58. The number of hydrogen-bond donors (Lipinski definition) is 1. The van der Waals surface area contributed by atoms with E-state index in [2.05, 4.69) is 28.6 Å². The summed E-state index contributed by atoms with van der Waals surface area (Å²) >= 11 is 7.53. The van der Waals surface area contributed by atoms with Gasteiger partial charge in [0.15, 0.2) is 0 Å². The highest BCUT2D eigenvalue weighted by atomic mass is 79.9. The van der Waals surface area contributed by atoms with Crippen LogP contribution in [0.2, 0.25) is 0 Å².